The fourth-order valence-corrected chi connectivity index (χ4v) is 2.35. The van der Waals surface area contributed by atoms with Gasteiger partial charge in [0.2, 0.25) is 0 Å². The summed E-state index contributed by atoms with van der Waals surface area (Å²) in [5.74, 6) is 1.72. The summed E-state index contributed by atoms with van der Waals surface area (Å²) < 4.78 is 34.3. The molecule has 0 unspecified atom stereocenters. The molecule has 1 aromatic rings. The molecule has 1 fully saturated rings. The van der Waals surface area contributed by atoms with Crippen molar-refractivity contribution in [3.05, 3.63) is 29.8 Å². The first-order valence-electron chi connectivity index (χ1n) is 8.69. The van der Waals surface area contributed by atoms with E-state index in [1.807, 2.05) is 18.9 Å². The number of nitrogens with one attached hydrogen (secondary N) is 1. The highest BCUT2D eigenvalue weighted by molar-refractivity contribution is 14.0. The lowest BCUT2D eigenvalue weighted by Crippen LogP contribution is -2.38. The van der Waals surface area contributed by atoms with Crippen molar-refractivity contribution < 1.29 is 18.3 Å². The Morgan fingerprint density at radius 1 is 1.31 bits per heavy atom. The maximum atomic E-state index is 12.2. The van der Waals surface area contributed by atoms with Crippen molar-refractivity contribution in [1.29, 1.82) is 0 Å². The van der Waals surface area contributed by atoms with E-state index in [1.54, 1.807) is 24.3 Å². The highest BCUT2D eigenvalue weighted by atomic mass is 127. The van der Waals surface area contributed by atoms with Crippen molar-refractivity contribution in [2.75, 3.05) is 33.4 Å². The van der Waals surface area contributed by atoms with Crippen molar-refractivity contribution in [1.82, 2.24) is 10.2 Å². The molecule has 26 heavy (non-hydrogen) atoms. The lowest BCUT2D eigenvalue weighted by atomic mass is 10.2. The smallest absolute Gasteiger partial charge is 0.387 e. The molecule has 1 N–H and O–H groups in total. The van der Waals surface area contributed by atoms with Gasteiger partial charge in [-0.2, -0.15) is 8.78 Å². The molecule has 0 aliphatic heterocycles. The van der Waals surface area contributed by atoms with Crippen molar-refractivity contribution in [3.8, 4) is 5.75 Å². The normalized spacial score (nSPS) is 14.1. The van der Waals surface area contributed by atoms with Gasteiger partial charge in [0.25, 0.3) is 0 Å². The van der Waals surface area contributed by atoms with Crippen molar-refractivity contribution in [3.63, 3.8) is 0 Å². The Kier molecular flexibility index (Phi) is 10.8. The van der Waals surface area contributed by atoms with Crippen LogP contribution >= 0.6 is 24.0 Å². The van der Waals surface area contributed by atoms with Crippen LogP contribution in [0.1, 0.15) is 25.3 Å². The molecule has 0 saturated heterocycles. The molecule has 0 amide bonds. The average molecular weight is 483 g/mol. The second-order valence-corrected chi connectivity index (χ2v) is 6.13. The molecule has 0 spiro atoms. The Labute approximate surface area is 171 Å². The number of hydrogen-bond acceptors (Lipinski definition) is 3. The SMILES string of the molecule is CCNC(=NCCOCC1CC1)N(C)Cc1ccc(OC(F)F)cc1.I. The van der Waals surface area contributed by atoms with Crippen molar-refractivity contribution in [2.45, 2.75) is 32.9 Å². The van der Waals surface area contributed by atoms with Gasteiger partial charge in [0.05, 0.1) is 13.2 Å². The molecule has 0 atom stereocenters. The molecule has 1 saturated carbocycles. The van der Waals surface area contributed by atoms with Crippen LogP contribution in [0.3, 0.4) is 0 Å². The molecule has 2 rings (SSSR count). The summed E-state index contributed by atoms with van der Waals surface area (Å²) in [6.45, 7) is 2.68. The zero-order valence-corrected chi connectivity index (χ0v) is 17.6. The summed E-state index contributed by atoms with van der Waals surface area (Å²) in [5, 5.41) is 3.25. The molecule has 1 aromatic carbocycles. The van der Waals surface area contributed by atoms with Crippen LogP contribution in [0.5, 0.6) is 5.75 Å². The van der Waals surface area contributed by atoms with Crippen molar-refractivity contribution in [2.24, 2.45) is 10.9 Å². The van der Waals surface area contributed by atoms with Crippen LogP contribution in [-0.2, 0) is 11.3 Å². The first kappa shape index (κ1) is 22.9. The fourth-order valence-electron chi connectivity index (χ4n) is 2.35. The van der Waals surface area contributed by atoms with Gasteiger partial charge in [-0.1, -0.05) is 12.1 Å². The van der Waals surface area contributed by atoms with Gasteiger partial charge in [0, 0.05) is 26.7 Å². The highest BCUT2D eigenvalue weighted by Gasteiger charge is 2.20. The number of rotatable bonds is 10. The fraction of sp³-hybridized carbons (Fsp3) is 0.611. The van der Waals surface area contributed by atoms with Crippen LogP contribution in [-0.4, -0.2) is 50.8 Å². The lowest BCUT2D eigenvalue weighted by Gasteiger charge is -2.22. The lowest BCUT2D eigenvalue weighted by molar-refractivity contribution is -0.0498. The Morgan fingerprint density at radius 2 is 2.00 bits per heavy atom. The minimum Gasteiger partial charge on any atom is -0.435 e. The largest absolute Gasteiger partial charge is 0.435 e. The molecule has 0 radical (unpaired) electrons. The molecule has 148 valence electrons. The van der Waals surface area contributed by atoms with E-state index in [-0.39, 0.29) is 29.7 Å². The van der Waals surface area contributed by atoms with E-state index >= 15 is 0 Å². The zero-order chi connectivity index (χ0) is 18.1. The van der Waals surface area contributed by atoms with Gasteiger partial charge in [0.15, 0.2) is 5.96 Å². The molecule has 0 heterocycles. The number of ether oxygens (including phenoxy) is 2. The van der Waals surface area contributed by atoms with Gasteiger partial charge >= 0.3 is 6.61 Å². The van der Waals surface area contributed by atoms with Crippen LogP contribution < -0.4 is 10.1 Å². The number of guanidine groups is 1. The average Bonchev–Trinajstić information content (AvgIpc) is 3.39. The molecule has 0 bridgehead atoms. The Balaban J connectivity index is 0.00000338. The van der Waals surface area contributed by atoms with E-state index in [0.717, 1.165) is 30.6 Å². The van der Waals surface area contributed by atoms with Gasteiger partial charge in [-0.15, -0.1) is 24.0 Å². The number of alkyl halides is 2. The number of benzene rings is 1. The summed E-state index contributed by atoms with van der Waals surface area (Å²) in [6, 6.07) is 6.64. The second kappa shape index (κ2) is 12.3. The second-order valence-electron chi connectivity index (χ2n) is 6.13. The Bertz CT molecular complexity index is 540. The first-order chi connectivity index (χ1) is 12.1. The number of nitrogens with zero attached hydrogens (tertiary/aromatic N) is 2. The van der Waals surface area contributed by atoms with Gasteiger partial charge in [-0.3, -0.25) is 4.99 Å². The minimum absolute atomic E-state index is 0. The Morgan fingerprint density at radius 3 is 2.58 bits per heavy atom. The standard InChI is InChI=1S/C18H27F2N3O2.HI/c1-3-21-18(22-10-11-24-13-15-4-5-15)23(2)12-14-6-8-16(9-7-14)25-17(19)20;/h6-9,15,17H,3-5,10-13H2,1-2H3,(H,21,22);1H. The summed E-state index contributed by atoms with van der Waals surface area (Å²) in [7, 11) is 1.94. The Hall–Kier alpha value is -1.16. The molecule has 8 heteroatoms. The topological polar surface area (TPSA) is 46.1 Å². The van der Waals surface area contributed by atoms with Crippen LogP contribution in [0.4, 0.5) is 8.78 Å². The van der Waals surface area contributed by atoms with Crippen molar-refractivity contribution >= 4 is 29.9 Å². The molecular weight excluding hydrogens is 455 g/mol. The quantitative estimate of drug-likeness (QED) is 0.239. The first-order valence-corrected chi connectivity index (χ1v) is 8.69. The van der Waals surface area contributed by atoms with Crippen LogP contribution in [0.15, 0.2) is 29.3 Å². The highest BCUT2D eigenvalue weighted by Crippen LogP contribution is 2.28. The van der Waals surface area contributed by atoms with Gasteiger partial charge < -0.3 is 19.7 Å². The summed E-state index contributed by atoms with van der Waals surface area (Å²) in [5.41, 5.74) is 0.986. The number of aliphatic imine (C=N–C) groups is 1. The van der Waals surface area contributed by atoms with Gasteiger partial charge in [-0.05, 0) is 43.4 Å². The summed E-state index contributed by atoms with van der Waals surface area (Å²) in [4.78, 5) is 6.56. The summed E-state index contributed by atoms with van der Waals surface area (Å²) in [6.07, 6.45) is 2.57. The summed E-state index contributed by atoms with van der Waals surface area (Å²) >= 11 is 0. The van der Waals surface area contributed by atoms with E-state index < -0.39 is 6.61 Å². The monoisotopic (exact) mass is 483 g/mol. The molecule has 0 aromatic heterocycles. The van der Waals surface area contributed by atoms with E-state index in [4.69, 9.17) is 4.74 Å². The predicted octanol–water partition coefficient (Wildman–Crippen LogP) is 3.73. The maximum absolute atomic E-state index is 12.2. The van der Waals surface area contributed by atoms with E-state index in [2.05, 4.69) is 15.0 Å². The number of hydrogen-bond donors (Lipinski definition) is 1. The molecule has 1 aliphatic rings. The van der Waals surface area contributed by atoms with E-state index in [1.165, 1.54) is 12.8 Å². The van der Waals surface area contributed by atoms with Crippen LogP contribution in [0, 0.1) is 5.92 Å². The van der Waals surface area contributed by atoms with E-state index in [9.17, 15) is 8.78 Å². The van der Waals surface area contributed by atoms with E-state index in [0.29, 0.717) is 19.7 Å². The third-order valence-electron chi connectivity index (χ3n) is 3.81. The third kappa shape index (κ3) is 8.98. The van der Waals surface area contributed by atoms with Gasteiger partial charge in [-0.25, -0.2) is 0 Å². The number of halogens is 3. The minimum atomic E-state index is -2.80. The van der Waals surface area contributed by atoms with Crippen LogP contribution in [0.2, 0.25) is 0 Å². The predicted molar refractivity (Wildman–Crippen MR) is 109 cm³/mol. The van der Waals surface area contributed by atoms with Crippen LogP contribution in [0.25, 0.3) is 0 Å². The maximum Gasteiger partial charge on any atom is 0.387 e. The molecule has 1 aliphatic carbocycles. The molecular formula is C18H28F2IN3O2. The molecule has 5 nitrogen and oxygen atoms in total. The zero-order valence-electron chi connectivity index (χ0n) is 15.3. The van der Waals surface area contributed by atoms with Gasteiger partial charge in [0.1, 0.15) is 5.75 Å². The third-order valence-corrected chi connectivity index (χ3v) is 3.81.